The predicted octanol–water partition coefficient (Wildman–Crippen LogP) is 3.33. The van der Waals surface area contributed by atoms with Crippen molar-refractivity contribution in [3.8, 4) is 0 Å². The van der Waals surface area contributed by atoms with Gasteiger partial charge >= 0.3 is 0 Å². The van der Waals surface area contributed by atoms with Gasteiger partial charge in [0.05, 0.1) is 0 Å². The van der Waals surface area contributed by atoms with E-state index in [-0.39, 0.29) is 5.82 Å². The van der Waals surface area contributed by atoms with Crippen LogP contribution in [0.15, 0.2) is 54.6 Å². The van der Waals surface area contributed by atoms with Gasteiger partial charge in [-0.3, -0.25) is 0 Å². The Hall–Kier alpha value is -1.94. The summed E-state index contributed by atoms with van der Waals surface area (Å²) in [5.74, 6) is -0.225. The zero-order valence-electron chi connectivity index (χ0n) is 11.3. The smallest absolute Gasteiger partial charge is 0.169 e. The number of benzene rings is 2. The molecule has 0 saturated heterocycles. The van der Waals surface area contributed by atoms with Crippen molar-refractivity contribution in [2.45, 2.75) is 13.1 Å². The molecule has 0 bridgehead atoms. The number of nitrogens with zero attached hydrogens (tertiary/aromatic N) is 1. The fourth-order valence-electron chi connectivity index (χ4n) is 1.84. The quantitative estimate of drug-likeness (QED) is 0.869. The van der Waals surface area contributed by atoms with E-state index in [9.17, 15) is 4.39 Å². The highest BCUT2D eigenvalue weighted by atomic mass is 32.1. The third-order valence-corrected chi connectivity index (χ3v) is 3.42. The van der Waals surface area contributed by atoms with Gasteiger partial charge < -0.3 is 10.2 Å². The molecule has 0 aliphatic rings. The third-order valence-electron chi connectivity index (χ3n) is 2.97. The number of thiocarbonyl (C=S) groups is 1. The lowest BCUT2D eigenvalue weighted by molar-refractivity contribution is 0.489. The minimum absolute atomic E-state index is 0.225. The maximum atomic E-state index is 12.8. The Labute approximate surface area is 124 Å². The summed E-state index contributed by atoms with van der Waals surface area (Å²) in [5.41, 5.74) is 2.21. The van der Waals surface area contributed by atoms with Gasteiger partial charge in [-0.2, -0.15) is 0 Å². The molecule has 0 aromatic heterocycles. The second-order valence-electron chi connectivity index (χ2n) is 4.63. The first-order valence-corrected chi connectivity index (χ1v) is 6.83. The summed E-state index contributed by atoms with van der Waals surface area (Å²) in [5, 5.41) is 3.85. The number of hydrogen-bond donors (Lipinski definition) is 1. The second kappa shape index (κ2) is 7.01. The number of rotatable bonds is 4. The molecule has 0 aliphatic heterocycles. The molecular formula is C16H17FN2S. The molecular weight excluding hydrogens is 271 g/mol. The van der Waals surface area contributed by atoms with Gasteiger partial charge in [-0.05, 0) is 35.5 Å². The van der Waals surface area contributed by atoms with Gasteiger partial charge in [0.15, 0.2) is 5.11 Å². The summed E-state index contributed by atoms with van der Waals surface area (Å²) in [7, 11) is 1.95. The predicted molar refractivity (Wildman–Crippen MR) is 83.7 cm³/mol. The maximum Gasteiger partial charge on any atom is 0.169 e. The van der Waals surface area contributed by atoms with E-state index in [1.165, 1.54) is 17.7 Å². The van der Waals surface area contributed by atoms with E-state index in [0.29, 0.717) is 11.7 Å². The van der Waals surface area contributed by atoms with E-state index in [0.717, 1.165) is 12.1 Å². The monoisotopic (exact) mass is 288 g/mol. The van der Waals surface area contributed by atoms with Gasteiger partial charge in [0, 0.05) is 20.1 Å². The second-order valence-corrected chi connectivity index (χ2v) is 5.01. The molecule has 1 N–H and O–H groups in total. The van der Waals surface area contributed by atoms with Gasteiger partial charge in [0.2, 0.25) is 0 Å². The SMILES string of the molecule is CN(Cc1ccccc1)C(=S)NCc1ccc(F)cc1. The summed E-state index contributed by atoms with van der Waals surface area (Å²) < 4.78 is 12.8. The molecule has 2 rings (SSSR count). The van der Waals surface area contributed by atoms with E-state index < -0.39 is 0 Å². The molecule has 2 aromatic carbocycles. The first-order valence-electron chi connectivity index (χ1n) is 6.42. The van der Waals surface area contributed by atoms with Gasteiger partial charge in [-0.25, -0.2) is 4.39 Å². The lowest BCUT2D eigenvalue weighted by Crippen LogP contribution is -2.36. The Morgan fingerprint density at radius 3 is 2.35 bits per heavy atom. The van der Waals surface area contributed by atoms with Crippen LogP contribution in [0, 0.1) is 5.82 Å². The van der Waals surface area contributed by atoms with Crippen LogP contribution < -0.4 is 5.32 Å². The van der Waals surface area contributed by atoms with Crippen molar-refractivity contribution in [1.29, 1.82) is 0 Å². The van der Waals surface area contributed by atoms with Crippen LogP contribution in [-0.2, 0) is 13.1 Å². The van der Waals surface area contributed by atoms with Crippen LogP contribution in [0.1, 0.15) is 11.1 Å². The van der Waals surface area contributed by atoms with Crippen molar-refractivity contribution >= 4 is 17.3 Å². The summed E-state index contributed by atoms with van der Waals surface area (Å²) in [6.07, 6.45) is 0. The van der Waals surface area contributed by atoms with Gasteiger partial charge in [0.25, 0.3) is 0 Å². The molecule has 20 heavy (non-hydrogen) atoms. The van der Waals surface area contributed by atoms with Crippen molar-refractivity contribution in [2.75, 3.05) is 7.05 Å². The average Bonchev–Trinajstić information content (AvgIpc) is 2.47. The number of nitrogens with one attached hydrogen (secondary N) is 1. The summed E-state index contributed by atoms with van der Waals surface area (Å²) >= 11 is 5.34. The van der Waals surface area contributed by atoms with Crippen molar-refractivity contribution < 1.29 is 4.39 Å². The summed E-state index contributed by atoms with van der Waals surface area (Å²) in [4.78, 5) is 1.98. The fraction of sp³-hybridized carbons (Fsp3) is 0.188. The highest BCUT2D eigenvalue weighted by Gasteiger charge is 2.04. The molecule has 2 nitrogen and oxygen atoms in total. The highest BCUT2D eigenvalue weighted by Crippen LogP contribution is 2.05. The normalized spacial score (nSPS) is 10.1. The number of halogens is 1. The Morgan fingerprint density at radius 2 is 1.70 bits per heavy atom. The van der Waals surface area contributed by atoms with E-state index in [4.69, 9.17) is 12.2 Å². The molecule has 0 aliphatic carbocycles. The van der Waals surface area contributed by atoms with E-state index in [1.54, 1.807) is 12.1 Å². The van der Waals surface area contributed by atoms with Crippen LogP contribution in [0.4, 0.5) is 4.39 Å². The molecule has 0 fully saturated rings. The van der Waals surface area contributed by atoms with Crippen LogP contribution >= 0.6 is 12.2 Å². The molecule has 0 unspecified atom stereocenters. The van der Waals surface area contributed by atoms with Gasteiger partial charge in [0.1, 0.15) is 5.82 Å². The largest absolute Gasteiger partial charge is 0.358 e. The molecule has 0 heterocycles. The molecule has 104 valence electrons. The molecule has 4 heteroatoms. The zero-order valence-corrected chi connectivity index (χ0v) is 12.2. The Kier molecular flexibility index (Phi) is 5.07. The molecule has 0 amide bonds. The molecule has 0 atom stereocenters. The number of hydrogen-bond acceptors (Lipinski definition) is 1. The van der Waals surface area contributed by atoms with Crippen LogP contribution in [0.2, 0.25) is 0 Å². The van der Waals surface area contributed by atoms with Gasteiger partial charge in [-0.15, -0.1) is 0 Å². The van der Waals surface area contributed by atoms with E-state index in [1.807, 2.05) is 30.1 Å². The molecule has 0 radical (unpaired) electrons. The average molecular weight is 288 g/mol. The van der Waals surface area contributed by atoms with E-state index in [2.05, 4.69) is 17.4 Å². The lowest BCUT2D eigenvalue weighted by atomic mass is 10.2. The van der Waals surface area contributed by atoms with Gasteiger partial charge in [-0.1, -0.05) is 42.5 Å². The fourth-order valence-corrected chi connectivity index (χ4v) is 1.98. The van der Waals surface area contributed by atoms with Crippen LogP contribution in [0.5, 0.6) is 0 Å². The molecule has 2 aromatic rings. The first kappa shape index (κ1) is 14.5. The molecule has 0 saturated carbocycles. The van der Waals surface area contributed by atoms with E-state index >= 15 is 0 Å². The standard InChI is InChI=1S/C16H17FN2S/c1-19(12-14-5-3-2-4-6-14)16(20)18-11-13-7-9-15(17)10-8-13/h2-10H,11-12H2,1H3,(H,18,20). The molecule has 0 spiro atoms. The van der Waals surface area contributed by atoms with Crippen LogP contribution in [-0.4, -0.2) is 17.1 Å². The van der Waals surface area contributed by atoms with Crippen molar-refractivity contribution in [3.05, 3.63) is 71.5 Å². The third kappa shape index (κ3) is 4.31. The van der Waals surface area contributed by atoms with Crippen molar-refractivity contribution in [3.63, 3.8) is 0 Å². The highest BCUT2D eigenvalue weighted by molar-refractivity contribution is 7.80. The lowest BCUT2D eigenvalue weighted by Gasteiger charge is -2.21. The zero-order chi connectivity index (χ0) is 14.4. The van der Waals surface area contributed by atoms with Crippen LogP contribution in [0.3, 0.4) is 0 Å². The summed E-state index contributed by atoms with van der Waals surface area (Å²) in [6.45, 7) is 1.36. The first-order chi connectivity index (χ1) is 9.65. The summed E-state index contributed by atoms with van der Waals surface area (Å²) in [6, 6.07) is 16.6. The van der Waals surface area contributed by atoms with Crippen LogP contribution in [0.25, 0.3) is 0 Å². The van der Waals surface area contributed by atoms with Crippen molar-refractivity contribution in [1.82, 2.24) is 10.2 Å². The Morgan fingerprint density at radius 1 is 1.05 bits per heavy atom. The minimum atomic E-state index is -0.225. The Balaban J connectivity index is 1.83. The van der Waals surface area contributed by atoms with Crippen molar-refractivity contribution in [2.24, 2.45) is 0 Å². The maximum absolute atomic E-state index is 12.8. The minimum Gasteiger partial charge on any atom is -0.358 e. The topological polar surface area (TPSA) is 15.3 Å². The Bertz CT molecular complexity index is 554.